The van der Waals surface area contributed by atoms with Crippen LogP contribution < -0.4 is 10.9 Å². The third kappa shape index (κ3) is 5.12. The molecule has 174 valence electrons. The van der Waals surface area contributed by atoms with Gasteiger partial charge in [0.05, 0.1) is 28.0 Å². The number of amides is 2. The van der Waals surface area contributed by atoms with E-state index in [1.54, 1.807) is 25.5 Å². The van der Waals surface area contributed by atoms with Gasteiger partial charge in [-0.05, 0) is 49.7 Å². The van der Waals surface area contributed by atoms with Gasteiger partial charge in [-0.2, -0.15) is 9.40 Å². The van der Waals surface area contributed by atoms with Crippen LogP contribution in [0.1, 0.15) is 45.8 Å². The number of sulfonamides is 1. The van der Waals surface area contributed by atoms with Crippen molar-refractivity contribution >= 4 is 21.8 Å². The van der Waals surface area contributed by atoms with E-state index in [1.807, 2.05) is 31.2 Å². The molecular formula is C23H27N5O4S. The highest BCUT2D eigenvalue weighted by Crippen LogP contribution is 2.17. The lowest BCUT2D eigenvalue weighted by atomic mass is 10.2. The first-order valence-electron chi connectivity index (χ1n) is 10.5. The van der Waals surface area contributed by atoms with Crippen LogP contribution in [0.2, 0.25) is 0 Å². The van der Waals surface area contributed by atoms with E-state index in [9.17, 15) is 18.0 Å². The fourth-order valence-corrected chi connectivity index (χ4v) is 4.92. The number of aryl methyl sites for hydroxylation is 1. The molecule has 0 bridgehead atoms. The molecule has 0 radical (unpaired) electrons. The normalized spacial score (nSPS) is 11.4. The Bertz CT molecular complexity index is 1280. The monoisotopic (exact) mass is 469 g/mol. The Labute approximate surface area is 193 Å². The first kappa shape index (κ1) is 24.1. The van der Waals surface area contributed by atoms with Gasteiger partial charge >= 0.3 is 0 Å². The maximum Gasteiger partial charge on any atom is 0.273 e. The van der Waals surface area contributed by atoms with E-state index in [-0.39, 0.29) is 10.5 Å². The van der Waals surface area contributed by atoms with Gasteiger partial charge in [0.25, 0.3) is 11.8 Å². The Balaban J connectivity index is 1.73. The van der Waals surface area contributed by atoms with Gasteiger partial charge in [0, 0.05) is 18.7 Å². The molecule has 0 aliphatic heterocycles. The number of aromatic nitrogens is 2. The van der Waals surface area contributed by atoms with Crippen molar-refractivity contribution in [2.75, 3.05) is 13.1 Å². The number of nitrogens with one attached hydrogen (secondary N) is 2. The molecule has 2 aromatic carbocycles. The largest absolute Gasteiger partial charge is 0.273 e. The fraction of sp³-hybridized carbons (Fsp3) is 0.261. The van der Waals surface area contributed by atoms with Gasteiger partial charge < -0.3 is 0 Å². The molecule has 0 aliphatic rings. The molecule has 3 aromatic rings. The average Bonchev–Trinajstić information content (AvgIpc) is 3.19. The topological polar surface area (TPSA) is 113 Å². The summed E-state index contributed by atoms with van der Waals surface area (Å²) >= 11 is 0. The lowest BCUT2D eigenvalue weighted by Gasteiger charge is -2.18. The zero-order valence-electron chi connectivity index (χ0n) is 19.0. The van der Waals surface area contributed by atoms with E-state index in [0.29, 0.717) is 24.3 Å². The number of hydrogen-bond donors (Lipinski definition) is 2. The predicted octanol–water partition coefficient (Wildman–Crippen LogP) is 2.59. The van der Waals surface area contributed by atoms with E-state index in [4.69, 9.17) is 0 Å². The summed E-state index contributed by atoms with van der Waals surface area (Å²) in [6.07, 6.45) is 1.43. The van der Waals surface area contributed by atoms with E-state index in [2.05, 4.69) is 16.0 Å². The zero-order valence-corrected chi connectivity index (χ0v) is 19.8. The minimum atomic E-state index is -3.71. The van der Waals surface area contributed by atoms with Crippen LogP contribution in [0.3, 0.4) is 0 Å². The molecule has 0 aliphatic carbocycles. The summed E-state index contributed by atoms with van der Waals surface area (Å²) in [6, 6.07) is 13.4. The van der Waals surface area contributed by atoms with Crippen molar-refractivity contribution < 1.29 is 18.0 Å². The SMILES string of the molecule is CCN(CC)S(=O)(=O)c1cccc(C(=O)NNC(=O)c2cnn(-c3cccc(C)c3)c2C)c1. The molecule has 0 atom stereocenters. The first-order chi connectivity index (χ1) is 15.7. The molecule has 1 aromatic heterocycles. The maximum atomic E-state index is 12.7. The molecule has 0 spiro atoms. The summed E-state index contributed by atoms with van der Waals surface area (Å²) in [4.78, 5) is 25.2. The highest BCUT2D eigenvalue weighted by Gasteiger charge is 2.23. The molecule has 0 unspecified atom stereocenters. The molecule has 1 heterocycles. The van der Waals surface area contributed by atoms with Crippen molar-refractivity contribution in [2.24, 2.45) is 0 Å². The number of carbonyl (C=O) groups is 2. The minimum Gasteiger partial charge on any atom is -0.267 e. The lowest BCUT2D eigenvalue weighted by Crippen LogP contribution is -2.41. The second kappa shape index (κ2) is 9.97. The van der Waals surface area contributed by atoms with Crippen LogP contribution in [0.25, 0.3) is 5.69 Å². The summed E-state index contributed by atoms with van der Waals surface area (Å²) in [6.45, 7) is 7.86. The van der Waals surface area contributed by atoms with Crippen LogP contribution >= 0.6 is 0 Å². The van der Waals surface area contributed by atoms with Crippen molar-refractivity contribution in [3.8, 4) is 5.69 Å². The Morgan fingerprint density at radius 3 is 2.30 bits per heavy atom. The van der Waals surface area contributed by atoms with Crippen molar-refractivity contribution in [3.05, 3.63) is 77.1 Å². The van der Waals surface area contributed by atoms with E-state index in [0.717, 1.165) is 11.3 Å². The first-order valence-corrected chi connectivity index (χ1v) is 12.0. The predicted molar refractivity (Wildman–Crippen MR) is 125 cm³/mol. The molecule has 0 fully saturated rings. The van der Waals surface area contributed by atoms with Crippen LogP contribution in [0, 0.1) is 13.8 Å². The van der Waals surface area contributed by atoms with Crippen molar-refractivity contribution in [1.29, 1.82) is 0 Å². The summed E-state index contributed by atoms with van der Waals surface area (Å²) in [7, 11) is -3.71. The quantitative estimate of drug-likeness (QED) is 0.517. The molecule has 2 amide bonds. The summed E-state index contributed by atoms with van der Waals surface area (Å²) < 4.78 is 28.4. The van der Waals surface area contributed by atoms with Crippen LogP contribution in [-0.2, 0) is 10.0 Å². The third-order valence-corrected chi connectivity index (χ3v) is 7.28. The Morgan fingerprint density at radius 2 is 1.64 bits per heavy atom. The number of hydrazine groups is 1. The lowest BCUT2D eigenvalue weighted by molar-refractivity contribution is 0.0846. The second-order valence-corrected chi connectivity index (χ2v) is 9.36. The number of hydrogen-bond acceptors (Lipinski definition) is 5. The molecule has 2 N–H and O–H groups in total. The highest BCUT2D eigenvalue weighted by molar-refractivity contribution is 7.89. The van der Waals surface area contributed by atoms with Crippen molar-refractivity contribution in [1.82, 2.24) is 24.9 Å². The van der Waals surface area contributed by atoms with Crippen LogP contribution in [0.5, 0.6) is 0 Å². The third-order valence-electron chi connectivity index (χ3n) is 5.23. The highest BCUT2D eigenvalue weighted by atomic mass is 32.2. The Hall–Kier alpha value is -3.50. The molecule has 0 saturated carbocycles. The molecule has 10 heteroatoms. The van der Waals surface area contributed by atoms with Gasteiger partial charge in [0.15, 0.2) is 0 Å². The molecule has 33 heavy (non-hydrogen) atoms. The summed E-state index contributed by atoms with van der Waals surface area (Å²) in [5.41, 5.74) is 7.60. The Morgan fingerprint density at radius 1 is 0.970 bits per heavy atom. The van der Waals surface area contributed by atoms with Crippen molar-refractivity contribution in [2.45, 2.75) is 32.6 Å². The molecule has 0 saturated heterocycles. The van der Waals surface area contributed by atoms with Crippen molar-refractivity contribution in [3.63, 3.8) is 0 Å². The molecule has 9 nitrogen and oxygen atoms in total. The van der Waals surface area contributed by atoms with Crippen LogP contribution in [0.4, 0.5) is 0 Å². The molecular weight excluding hydrogens is 442 g/mol. The van der Waals surface area contributed by atoms with Gasteiger partial charge in [-0.3, -0.25) is 20.4 Å². The number of carbonyl (C=O) groups excluding carboxylic acids is 2. The fourth-order valence-electron chi connectivity index (χ4n) is 3.42. The summed E-state index contributed by atoms with van der Waals surface area (Å²) in [5.74, 6) is -1.17. The Kier molecular flexibility index (Phi) is 7.29. The number of nitrogens with zero attached hydrogens (tertiary/aromatic N) is 3. The zero-order chi connectivity index (χ0) is 24.2. The average molecular weight is 470 g/mol. The van der Waals surface area contributed by atoms with Gasteiger partial charge in [0.1, 0.15) is 0 Å². The van der Waals surface area contributed by atoms with Gasteiger partial charge in [-0.15, -0.1) is 0 Å². The molecule has 3 rings (SSSR count). The minimum absolute atomic E-state index is 0.0143. The van der Waals surface area contributed by atoms with Gasteiger partial charge in [-0.25, -0.2) is 13.1 Å². The van der Waals surface area contributed by atoms with Gasteiger partial charge in [0.2, 0.25) is 10.0 Å². The van der Waals surface area contributed by atoms with E-state index >= 15 is 0 Å². The summed E-state index contributed by atoms with van der Waals surface area (Å²) in [5, 5.41) is 4.28. The maximum absolute atomic E-state index is 12.7. The number of benzene rings is 2. The van der Waals surface area contributed by atoms with Crippen LogP contribution in [-0.4, -0.2) is 47.4 Å². The number of rotatable bonds is 7. The smallest absolute Gasteiger partial charge is 0.267 e. The standard InChI is InChI=1S/C23H27N5O4S/c1-5-27(6-2)33(31,32)20-12-8-10-18(14-20)22(29)25-26-23(30)21-15-24-28(17(21)4)19-11-7-9-16(3)13-19/h7-15H,5-6H2,1-4H3,(H,25,29)(H,26,30). The second-order valence-electron chi connectivity index (χ2n) is 7.42. The van der Waals surface area contributed by atoms with Gasteiger partial charge in [-0.1, -0.05) is 32.0 Å². The van der Waals surface area contributed by atoms with E-state index in [1.165, 1.54) is 34.8 Å². The van der Waals surface area contributed by atoms with E-state index < -0.39 is 21.8 Å². The van der Waals surface area contributed by atoms with Crippen LogP contribution in [0.15, 0.2) is 59.6 Å².